The second-order valence-electron chi connectivity index (χ2n) is 6.46. The van der Waals surface area contributed by atoms with Crippen LogP contribution < -0.4 is 5.32 Å². The predicted molar refractivity (Wildman–Crippen MR) is 95.4 cm³/mol. The number of nitrogens with zero attached hydrogens (tertiary/aromatic N) is 2. The first-order chi connectivity index (χ1) is 11.1. The van der Waals surface area contributed by atoms with Gasteiger partial charge in [-0.1, -0.05) is 30.3 Å². The Hall–Kier alpha value is -2.15. The third-order valence-corrected chi connectivity index (χ3v) is 6.92. The number of amides is 1. The van der Waals surface area contributed by atoms with E-state index in [-0.39, 0.29) is 0 Å². The summed E-state index contributed by atoms with van der Waals surface area (Å²) in [5.74, 6) is -0.121. The fraction of sp³-hybridized carbons (Fsp3) is 0.412. The molecule has 0 saturated heterocycles. The molecule has 1 N–H and O–H groups in total. The Morgan fingerprint density at radius 1 is 1.21 bits per heavy atom. The first kappa shape index (κ1) is 18.2. The summed E-state index contributed by atoms with van der Waals surface area (Å²) in [7, 11) is -1.90. The Morgan fingerprint density at radius 2 is 1.79 bits per heavy atom. The van der Waals surface area contributed by atoms with Gasteiger partial charge >= 0.3 is 0 Å². The number of hydrogen-bond acceptors (Lipinski definition) is 4. The fourth-order valence-corrected chi connectivity index (χ4v) is 3.81. The Balaban J connectivity index is 2.29. The maximum Gasteiger partial charge on any atom is 0.246 e. The summed E-state index contributed by atoms with van der Waals surface area (Å²) in [6, 6.07) is 11.3. The first-order valence-electron chi connectivity index (χ1n) is 7.71. The van der Waals surface area contributed by atoms with Crippen LogP contribution in [0.3, 0.4) is 0 Å². The molecule has 0 radical (unpaired) electrons. The average molecular weight is 349 g/mol. The molecular formula is C17H23N3O3S. The number of aromatic nitrogens is 2. The van der Waals surface area contributed by atoms with Crippen LogP contribution in [0.15, 0.2) is 36.4 Å². The highest BCUT2D eigenvalue weighted by Gasteiger charge is 2.43. The molecule has 0 fully saturated rings. The van der Waals surface area contributed by atoms with Crippen molar-refractivity contribution in [2.45, 2.75) is 37.7 Å². The number of carbonyl (C=O) groups is 1. The second kappa shape index (κ2) is 6.39. The van der Waals surface area contributed by atoms with Gasteiger partial charge in [-0.25, -0.2) is 8.42 Å². The Bertz CT molecular complexity index is 837. The van der Waals surface area contributed by atoms with Crippen molar-refractivity contribution in [2.75, 3.05) is 5.32 Å². The number of carbonyl (C=O) groups excluding carboxylic acids is 1. The van der Waals surface area contributed by atoms with Crippen molar-refractivity contribution in [1.29, 1.82) is 0 Å². The van der Waals surface area contributed by atoms with Crippen molar-refractivity contribution < 1.29 is 13.2 Å². The molecule has 7 heteroatoms. The lowest BCUT2D eigenvalue weighted by atomic mass is 10.1. The molecule has 0 aliphatic rings. The minimum atomic E-state index is -3.60. The zero-order valence-corrected chi connectivity index (χ0v) is 15.4. The van der Waals surface area contributed by atoms with E-state index in [2.05, 4.69) is 10.4 Å². The molecule has 130 valence electrons. The number of nitrogens with one attached hydrogen (secondary N) is 1. The summed E-state index contributed by atoms with van der Waals surface area (Å²) in [4.78, 5) is 12.6. The third kappa shape index (κ3) is 3.21. The summed E-state index contributed by atoms with van der Waals surface area (Å²) in [5.41, 5.74) is 1.63. The minimum Gasteiger partial charge on any atom is -0.310 e. The van der Waals surface area contributed by atoms with E-state index < -0.39 is 25.7 Å². The molecular weight excluding hydrogens is 326 g/mol. The number of sulfone groups is 1. The summed E-state index contributed by atoms with van der Waals surface area (Å²) in [6.45, 7) is 5.99. The number of aryl methyl sites for hydroxylation is 1. The van der Waals surface area contributed by atoms with Crippen LogP contribution in [0.4, 0.5) is 5.82 Å². The van der Waals surface area contributed by atoms with Crippen molar-refractivity contribution in [3.8, 4) is 11.3 Å². The molecule has 0 bridgehead atoms. The Kier molecular flexibility index (Phi) is 4.85. The van der Waals surface area contributed by atoms with E-state index in [1.165, 1.54) is 18.5 Å². The van der Waals surface area contributed by atoms with Crippen LogP contribution >= 0.6 is 0 Å². The molecule has 1 aromatic carbocycles. The maximum absolute atomic E-state index is 12.6. The average Bonchev–Trinajstić information content (AvgIpc) is 2.88. The van der Waals surface area contributed by atoms with Crippen LogP contribution in [0.25, 0.3) is 11.3 Å². The van der Waals surface area contributed by atoms with E-state index in [9.17, 15) is 13.2 Å². The first-order valence-corrected chi connectivity index (χ1v) is 9.26. The van der Waals surface area contributed by atoms with Crippen LogP contribution in [0.1, 0.15) is 27.7 Å². The van der Waals surface area contributed by atoms with E-state index in [4.69, 9.17) is 0 Å². The molecule has 0 aliphatic heterocycles. The van der Waals surface area contributed by atoms with Crippen molar-refractivity contribution in [1.82, 2.24) is 9.78 Å². The largest absolute Gasteiger partial charge is 0.310 e. The maximum atomic E-state index is 12.6. The molecule has 0 saturated carbocycles. The smallest absolute Gasteiger partial charge is 0.246 e. The molecule has 6 nitrogen and oxygen atoms in total. The molecule has 24 heavy (non-hydrogen) atoms. The van der Waals surface area contributed by atoms with Crippen molar-refractivity contribution in [2.24, 2.45) is 7.05 Å². The molecule has 2 rings (SSSR count). The number of hydrogen-bond donors (Lipinski definition) is 1. The minimum absolute atomic E-state index is 0.450. The molecule has 1 aromatic heterocycles. The van der Waals surface area contributed by atoms with E-state index in [0.29, 0.717) is 11.5 Å². The van der Waals surface area contributed by atoms with E-state index >= 15 is 0 Å². The van der Waals surface area contributed by atoms with Crippen LogP contribution in [0, 0.1) is 0 Å². The predicted octanol–water partition coefficient (Wildman–Crippen LogP) is 2.63. The summed E-state index contributed by atoms with van der Waals surface area (Å²) >= 11 is 0. The third-order valence-electron chi connectivity index (χ3n) is 4.07. The topological polar surface area (TPSA) is 81.1 Å². The molecule has 0 aliphatic carbocycles. The fourth-order valence-electron chi connectivity index (χ4n) is 2.32. The van der Waals surface area contributed by atoms with Gasteiger partial charge in [0.25, 0.3) is 0 Å². The lowest BCUT2D eigenvalue weighted by molar-refractivity contribution is -0.117. The summed E-state index contributed by atoms with van der Waals surface area (Å²) in [5, 5.41) is 6.42. The number of rotatable bonds is 5. The van der Waals surface area contributed by atoms with Crippen molar-refractivity contribution in [3.63, 3.8) is 0 Å². The molecule has 1 heterocycles. The molecule has 1 amide bonds. The van der Waals surface area contributed by atoms with Crippen LogP contribution in [-0.4, -0.2) is 34.1 Å². The van der Waals surface area contributed by atoms with Crippen LogP contribution in [-0.2, 0) is 21.7 Å². The van der Waals surface area contributed by atoms with Gasteiger partial charge in [-0.15, -0.1) is 0 Å². The van der Waals surface area contributed by atoms with E-state index in [1.54, 1.807) is 27.0 Å². The van der Waals surface area contributed by atoms with Gasteiger partial charge < -0.3 is 5.32 Å². The summed E-state index contributed by atoms with van der Waals surface area (Å²) < 4.78 is 24.8. The normalized spacial score (nSPS) is 12.4. The number of anilines is 1. The van der Waals surface area contributed by atoms with Gasteiger partial charge in [0.1, 0.15) is 10.6 Å². The highest BCUT2D eigenvalue weighted by Crippen LogP contribution is 2.25. The Labute approximate surface area is 142 Å². The lowest BCUT2D eigenvalue weighted by Crippen LogP contribution is -2.47. The molecule has 0 spiro atoms. The quantitative estimate of drug-likeness (QED) is 0.900. The van der Waals surface area contributed by atoms with Crippen LogP contribution in [0.2, 0.25) is 0 Å². The second-order valence-corrected chi connectivity index (χ2v) is 9.52. The van der Waals surface area contributed by atoms with Gasteiger partial charge in [-0.05, 0) is 27.7 Å². The monoisotopic (exact) mass is 349 g/mol. The van der Waals surface area contributed by atoms with E-state index in [1.807, 2.05) is 30.3 Å². The molecule has 2 aromatic rings. The van der Waals surface area contributed by atoms with Crippen molar-refractivity contribution >= 4 is 21.6 Å². The van der Waals surface area contributed by atoms with E-state index in [0.717, 1.165) is 5.56 Å². The highest BCUT2D eigenvalue weighted by molar-refractivity contribution is 7.94. The zero-order valence-electron chi connectivity index (χ0n) is 14.6. The van der Waals surface area contributed by atoms with Gasteiger partial charge in [-0.2, -0.15) is 5.10 Å². The van der Waals surface area contributed by atoms with Gasteiger partial charge in [0.15, 0.2) is 9.84 Å². The van der Waals surface area contributed by atoms with Gasteiger partial charge in [0.05, 0.1) is 10.9 Å². The highest BCUT2D eigenvalue weighted by atomic mass is 32.2. The van der Waals surface area contributed by atoms with Crippen molar-refractivity contribution in [3.05, 3.63) is 36.4 Å². The van der Waals surface area contributed by atoms with Crippen LogP contribution in [0.5, 0.6) is 0 Å². The van der Waals surface area contributed by atoms with Gasteiger partial charge in [-0.3, -0.25) is 9.48 Å². The van der Waals surface area contributed by atoms with Gasteiger partial charge in [0, 0.05) is 18.7 Å². The molecule has 0 atom stereocenters. The lowest BCUT2D eigenvalue weighted by Gasteiger charge is -2.25. The SMILES string of the molecule is CC(C)S(=O)(=O)C(C)(C)C(=O)Nc1cc(-c2ccccc2)nn1C. The summed E-state index contributed by atoms with van der Waals surface area (Å²) in [6.07, 6.45) is 0. The van der Waals surface area contributed by atoms with Gasteiger partial charge in [0.2, 0.25) is 5.91 Å². The standard InChI is InChI=1S/C17H23N3O3S/c1-12(2)24(22,23)17(3,4)16(21)18-15-11-14(19-20(15)5)13-9-7-6-8-10-13/h6-12H,1-5H3,(H,18,21). The Morgan fingerprint density at radius 3 is 2.33 bits per heavy atom. The molecule has 0 unspecified atom stereocenters. The number of benzene rings is 1. The zero-order chi connectivity index (χ0) is 18.1.